The van der Waals surface area contributed by atoms with Crippen LogP contribution in [0, 0.1) is 21.7 Å². The van der Waals surface area contributed by atoms with Crippen LogP contribution in [0.1, 0.15) is 30.5 Å². The molecule has 0 radical (unpaired) electrons. The third kappa shape index (κ3) is 8.34. The first-order valence-electron chi connectivity index (χ1n) is 17.5. The van der Waals surface area contributed by atoms with E-state index in [1.165, 1.54) is 43.3 Å². The summed E-state index contributed by atoms with van der Waals surface area (Å²) in [6.07, 6.45) is 8.26. The summed E-state index contributed by atoms with van der Waals surface area (Å²) in [4.78, 5) is 55.7. The number of hydrogen-bond donors (Lipinski definition) is 1. The minimum absolute atomic E-state index is 0.0466. The van der Waals surface area contributed by atoms with Gasteiger partial charge in [0, 0.05) is 36.7 Å². The van der Waals surface area contributed by atoms with Crippen LogP contribution in [-0.2, 0) is 11.2 Å². The van der Waals surface area contributed by atoms with Gasteiger partial charge in [-0.1, -0.05) is 35.3 Å². The Bertz CT molecular complexity index is 2460. The number of fused-ring (bicyclic) bond motifs is 1. The number of aliphatic imine (C=N–C) groups is 1. The Balaban J connectivity index is 1.34. The maximum absolute atomic E-state index is 15.9. The quantitative estimate of drug-likeness (QED) is 0.0561. The fourth-order valence-electron chi connectivity index (χ4n) is 6.55. The second-order valence-corrected chi connectivity index (χ2v) is 13.8. The lowest BCUT2D eigenvalue weighted by Gasteiger charge is -2.28. The Labute approximate surface area is 320 Å². The number of ether oxygens (including phenoxy) is 2. The lowest BCUT2D eigenvalue weighted by Crippen LogP contribution is -2.41. The van der Waals surface area contributed by atoms with Crippen LogP contribution in [-0.4, -0.2) is 82.3 Å². The first-order chi connectivity index (χ1) is 26.8. The average molecular weight is 766 g/mol. The van der Waals surface area contributed by atoms with Crippen LogP contribution >= 0.6 is 0 Å². The summed E-state index contributed by atoms with van der Waals surface area (Å²) in [6, 6.07) is 14.0. The predicted molar refractivity (Wildman–Crippen MR) is 207 cm³/mol. The number of anilines is 2. The van der Waals surface area contributed by atoms with E-state index in [4.69, 9.17) is 9.47 Å². The molecule has 16 heteroatoms. The van der Waals surface area contributed by atoms with E-state index in [2.05, 4.69) is 25.3 Å². The van der Waals surface area contributed by atoms with Crippen molar-refractivity contribution in [2.24, 2.45) is 4.99 Å². The number of nitrogens with zero attached hydrogens (tertiary/aromatic N) is 7. The lowest BCUT2D eigenvalue weighted by atomic mass is 10.00. The topological polar surface area (TPSA) is 164 Å². The van der Waals surface area contributed by atoms with E-state index in [1.54, 1.807) is 61.7 Å². The second-order valence-electron chi connectivity index (χ2n) is 13.8. The molecule has 56 heavy (non-hydrogen) atoms. The number of nitrogens with one attached hydrogen (secondary N) is 1. The second kappa shape index (κ2) is 16.4. The van der Waals surface area contributed by atoms with E-state index < -0.39 is 33.7 Å². The molecule has 2 aromatic carbocycles. The number of ketones is 1. The zero-order chi connectivity index (χ0) is 40.1. The Hall–Kier alpha value is -6.68. The van der Waals surface area contributed by atoms with Crippen LogP contribution in [0.2, 0.25) is 0 Å². The van der Waals surface area contributed by atoms with Gasteiger partial charge in [0.2, 0.25) is 5.95 Å². The van der Waals surface area contributed by atoms with Gasteiger partial charge in [-0.2, -0.15) is 4.98 Å². The molecular weight excluding hydrogens is 726 g/mol. The van der Waals surface area contributed by atoms with Crippen LogP contribution in [0.4, 0.5) is 20.5 Å². The zero-order valence-corrected chi connectivity index (χ0v) is 31.3. The SMILES string of the molecule is COc1cc(OC)c(F)c(-c2cc3cnc(Nc4ccccn4)nc3n(C(C)c3cccc(CC(=O)/C=C/C[N+](C)(C)CC4=C([N+](=O)[O-])N=CC4)c3)c2=O)c1F. The van der Waals surface area contributed by atoms with Gasteiger partial charge >= 0.3 is 5.82 Å². The number of carbonyl (C=O) groups excluding carboxylic acids is 1. The van der Waals surface area contributed by atoms with Crippen LogP contribution in [0.25, 0.3) is 22.2 Å². The van der Waals surface area contributed by atoms with Gasteiger partial charge in [0.1, 0.15) is 24.2 Å². The molecule has 3 aromatic heterocycles. The van der Waals surface area contributed by atoms with E-state index in [-0.39, 0.29) is 46.7 Å². The maximum Gasteiger partial charge on any atom is 0.368 e. The normalized spacial score (nSPS) is 13.4. The van der Waals surface area contributed by atoms with Gasteiger partial charge in [-0.15, -0.1) is 0 Å². The summed E-state index contributed by atoms with van der Waals surface area (Å²) in [5, 5.41) is 14.6. The van der Waals surface area contributed by atoms with Gasteiger partial charge in [-0.3, -0.25) is 14.2 Å². The molecule has 14 nitrogen and oxygen atoms in total. The van der Waals surface area contributed by atoms with Crippen molar-refractivity contribution in [3.8, 4) is 22.6 Å². The van der Waals surface area contributed by atoms with Gasteiger partial charge in [0.25, 0.3) is 5.56 Å². The molecule has 1 aliphatic heterocycles. The molecule has 0 spiro atoms. The van der Waals surface area contributed by atoms with E-state index >= 15 is 8.78 Å². The molecule has 1 N–H and O–H groups in total. The van der Waals surface area contributed by atoms with E-state index in [1.807, 2.05) is 14.1 Å². The fourth-order valence-corrected chi connectivity index (χ4v) is 6.55. The summed E-state index contributed by atoms with van der Waals surface area (Å²) < 4.78 is 43.7. The van der Waals surface area contributed by atoms with Crippen LogP contribution < -0.4 is 20.3 Å². The largest absolute Gasteiger partial charge is 0.494 e. The van der Waals surface area contributed by atoms with Crippen LogP contribution in [0.15, 0.2) is 100 Å². The highest BCUT2D eigenvalue weighted by Crippen LogP contribution is 2.38. The standard InChI is InChI=1S/C40H38F2N8O6/c1-24(26-11-8-10-25(18-26)19-29(51)12-9-17-50(2,3)23-27-14-16-44-37(27)49(53)54)48-38-28(22-45-40(47-38)46-33-13-6-7-15-43-33)20-30(39(48)52)34-35(41)31(55-4)21-32(56-5)36(34)42/h6-13,15-16,18,20-22,24H,14,17,19,23H2,1-5H3/p+1/b12-9+. The molecule has 0 aliphatic carbocycles. The smallest absolute Gasteiger partial charge is 0.368 e. The van der Waals surface area contributed by atoms with Gasteiger partial charge in [0.05, 0.1) is 57.6 Å². The molecule has 1 unspecified atom stereocenters. The van der Waals surface area contributed by atoms with E-state index in [0.29, 0.717) is 51.9 Å². The third-order valence-electron chi connectivity index (χ3n) is 9.28. The van der Waals surface area contributed by atoms with Crippen LogP contribution in [0.5, 0.6) is 11.5 Å². The Kier molecular flexibility index (Phi) is 11.4. The molecule has 1 atom stereocenters. The first kappa shape index (κ1) is 39.0. The number of rotatable bonds is 15. The molecule has 0 saturated heterocycles. The number of pyridine rings is 2. The predicted octanol–water partition coefficient (Wildman–Crippen LogP) is 6.21. The summed E-state index contributed by atoms with van der Waals surface area (Å²) in [5.41, 5.74) is 0.389. The summed E-state index contributed by atoms with van der Waals surface area (Å²) in [7, 11) is 6.27. The molecule has 0 fully saturated rings. The molecule has 4 heterocycles. The average Bonchev–Trinajstić information content (AvgIpc) is 3.63. The van der Waals surface area contributed by atoms with Gasteiger partial charge in [0.15, 0.2) is 28.9 Å². The third-order valence-corrected chi connectivity index (χ3v) is 9.28. The van der Waals surface area contributed by atoms with Crippen molar-refractivity contribution in [2.75, 3.05) is 46.7 Å². The minimum atomic E-state index is -1.09. The molecule has 288 valence electrons. The van der Waals surface area contributed by atoms with Crippen molar-refractivity contribution in [2.45, 2.75) is 25.8 Å². The first-order valence-corrected chi connectivity index (χ1v) is 17.5. The maximum atomic E-state index is 15.9. The van der Waals surface area contributed by atoms with Gasteiger partial charge < -0.3 is 29.4 Å². The van der Waals surface area contributed by atoms with Crippen molar-refractivity contribution >= 4 is 34.8 Å². The van der Waals surface area contributed by atoms with Crippen molar-refractivity contribution in [3.63, 3.8) is 0 Å². The van der Waals surface area contributed by atoms with Crippen LogP contribution in [0.3, 0.4) is 0 Å². The Morgan fingerprint density at radius 1 is 1.07 bits per heavy atom. The summed E-state index contributed by atoms with van der Waals surface area (Å²) in [5.74, 6) is -2.52. The number of quaternary nitrogens is 1. The lowest BCUT2D eigenvalue weighted by molar-refractivity contribution is -0.880. The Morgan fingerprint density at radius 2 is 1.82 bits per heavy atom. The number of hydrogen-bond acceptors (Lipinski definition) is 11. The summed E-state index contributed by atoms with van der Waals surface area (Å²) >= 11 is 0. The zero-order valence-electron chi connectivity index (χ0n) is 31.3. The highest BCUT2D eigenvalue weighted by atomic mass is 19.1. The molecule has 5 aromatic rings. The molecule has 1 aliphatic rings. The number of methoxy groups -OCH3 is 2. The molecule has 0 amide bonds. The number of likely N-dealkylation sites (N-methyl/N-ethyl adjacent to an activating group) is 1. The molecule has 0 bridgehead atoms. The van der Waals surface area contributed by atoms with Gasteiger partial charge in [-0.25, -0.2) is 18.7 Å². The van der Waals surface area contributed by atoms with Crippen molar-refractivity contribution in [3.05, 3.63) is 134 Å². The number of aromatic nitrogens is 4. The van der Waals surface area contributed by atoms with E-state index in [0.717, 1.165) is 6.07 Å². The number of nitro groups is 1. The number of benzene rings is 2. The molecular formula is C40H39F2N8O6+. The van der Waals surface area contributed by atoms with Crippen molar-refractivity contribution in [1.29, 1.82) is 0 Å². The molecule has 6 rings (SSSR count). The monoisotopic (exact) mass is 765 g/mol. The highest BCUT2D eigenvalue weighted by Gasteiger charge is 2.29. The van der Waals surface area contributed by atoms with E-state index in [9.17, 15) is 19.7 Å². The fraction of sp³-hybridized carbons (Fsp3) is 0.250. The highest BCUT2D eigenvalue weighted by molar-refractivity contribution is 5.91. The summed E-state index contributed by atoms with van der Waals surface area (Å²) in [6.45, 7) is 2.59. The molecule has 0 saturated carbocycles. The number of allylic oxidation sites excluding steroid dienone is 1. The number of carbonyl (C=O) groups is 1. The Morgan fingerprint density at radius 3 is 2.50 bits per heavy atom. The number of halogens is 2. The van der Waals surface area contributed by atoms with Crippen molar-refractivity contribution < 1.29 is 32.5 Å². The van der Waals surface area contributed by atoms with Crippen molar-refractivity contribution in [1.82, 2.24) is 19.5 Å². The minimum Gasteiger partial charge on any atom is -0.494 e. The van der Waals surface area contributed by atoms with Gasteiger partial charge in [-0.05, 0) is 53.3 Å².